The summed E-state index contributed by atoms with van der Waals surface area (Å²) in [6.45, 7) is 0. The minimum atomic E-state index is -3.44. The van der Waals surface area contributed by atoms with Gasteiger partial charge in [-0.3, -0.25) is 0 Å². The van der Waals surface area contributed by atoms with E-state index in [1.165, 1.54) is 0 Å². The first kappa shape index (κ1) is 6.86. The molecule has 0 unspecified atom stereocenters. The van der Waals surface area contributed by atoms with Gasteiger partial charge in [0.15, 0.2) is 0 Å². The summed E-state index contributed by atoms with van der Waals surface area (Å²) in [5.74, 6) is -2.03. The lowest BCUT2D eigenvalue weighted by Crippen LogP contribution is -2.27. The lowest BCUT2D eigenvalue weighted by atomic mass is 10.7. The Balaban J connectivity index is 3.79. The van der Waals surface area contributed by atoms with Crippen LogP contribution in [0.2, 0.25) is 0 Å². The summed E-state index contributed by atoms with van der Waals surface area (Å²) in [4.78, 5) is 5.86. The average Bonchev–Trinajstić information content (AvgIpc) is 1.31. The number of alkyl halides is 2. The summed E-state index contributed by atoms with van der Waals surface area (Å²) in [5, 5.41) is 7.53. The van der Waals surface area contributed by atoms with Crippen LogP contribution < -0.4 is 0 Å². The SMILES string of the molecule is O=C(O)[C](F)(F)[AlH2]. The van der Waals surface area contributed by atoms with E-state index in [0.29, 0.717) is 0 Å². The smallest absolute Gasteiger partial charge is 0.355 e. The van der Waals surface area contributed by atoms with Gasteiger partial charge in [-0.15, -0.1) is 0 Å². The molecule has 0 spiro atoms. The summed E-state index contributed by atoms with van der Waals surface area (Å²) in [7, 11) is 0. The van der Waals surface area contributed by atoms with Gasteiger partial charge in [-0.25, -0.2) is 13.6 Å². The van der Waals surface area contributed by atoms with Crippen molar-refractivity contribution in [2.24, 2.45) is 0 Å². The van der Waals surface area contributed by atoms with Gasteiger partial charge in [-0.2, -0.15) is 0 Å². The summed E-state index contributed by atoms with van der Waals surface area (Å²) >= 11 is -0.620. The van der Waals surface area contributed by atoms with Crippen molar-refractivity contribution >= 4 is 22.3 Å². The second-order valence-electron chi connectivity index (χ2n) is 1.19. The summed E-state index contributed by atoms with van der Waals surface area (Å²) in [6.07, 6.45) is 0. The molecule has 0 saturated heterocycles. The fourth-order valence-electron chi connectivity index (χ4n) is 0. The van der Waals surface area contributed by atoms with Crippen LogP contribution in [0.1, 0.15) is 0 Å². The van der Waals surface area contributed by atoms with Crippen LogP contribution in [0.4, 0.5) is 8.78 Å². The van der Waals surface area contributed by atoms with Crippen molar-refractivity contribution in [1.82, 2.24) is 0 Å². The normalized spacial score (nSPS) is 11.1. The Bertz CT molecular complexity index is 86.2. The van der Waals surface area contributed by atoms with Crippen molar-refractivity contribution in [3.05, 3.63) is 0 Å². The molecular weight excluding hydrogens is 121 g/mol. The van der Waals surface area contributed by atoms with E-state index in [1.807, 2.05) is 0 Å². The molecule has 0 amide bonds. The molecule has 0 fully saturated rings. The highest BCUT2D eigenvalue weighted by atomic mass is 27.0. The Kier molecular flexibility index (Phi) is 1.73. The minimum absolute atomic E-state index is 0.620. The Hall–Kier alpha value is -0.138. The molecule has 0 saturated carbocycles. The van der Waals surface area contributed by atoms with Gasteiger partial charge in [-0.05, 0) is 0 Å². The van der Waals surface area contributed by atoms with Gasteiger partial charge in [0.25, 0.3) is 4.78 Å². The lowest BCUT2D eigenvalue weighted by molar-refractivity contribution is -0.153. The fourth-order valence-corrected chi connectivity index (χ4v) is 0. The second kappa shape index (κ2) is 1.76. The lowest BCUT2D eigenvalue weighted by Gasteiger charge is -2.00. The molecule has 0 atom stereocenters. The molecule has 1 N–H and O–H groups in total. The maximum atomic E-state index is 11.3. The largest absolute Gasteiger partial charge is 0.478 e. The second-order valence-corrected chi connectivity index (χ2v) is 2.45. The fraction of sp³-hybridized carbons (Fsp3) is 0.500. The number of halogens is 2. The van der Waals surface area contributed by atoms with E-state index in [1.54, 1.807) is 0 Å². The summed E-state index contributed by atoms with van der Waals surface area (Å²) in [5.41, 5.74) is 0. The van der Waals surface area contributed by atoms with E-state index < -0.39 is 27.0 Å². The summed E-state index contributed by atoms with van der Waals surface area (Å²) in [6, 6.07) is 0. The number of hydrogen-bond donors (Lipinski definition) is 1. The molecular formula is C2H3AlF2O2. The van der Waals surface area contributed by atoms with Crippen molar-refractivity contribution in [3.63, 3.8) is 0 Å². The number of rotatable bonds is 1. The molecule has 0 aliphatic heterocycles. The van der Waals surface area contributed by atoms with Gasteiger partial charge < -0.3 is 5.11 Å². The third-order valence-corrected chi connectivity index (χ3v) is 0.803. The zero-order valence-corrected chi connectivity index (χ0v) is 5.61. The number of hydrogen-bond acceptors (Lipinski definition) is 1. The van der Waals surface area contributed by atoms with Crippen LogP contribution in [0.15, 0.2) is 0 Å². The number of carboxylic acids is 1. The zero-order valence-electron chi connectivity index (χ0n) is 3.61. The van der Waals surface area contributed by atoms with Crippen LogP contribution in [-0.2, 0) is 4.79 Å². The van der Waals surface area contributed by atoms with Gasteiger partial charge in [-0.1, -0.05) is 0 Å². The van der Waals surface area contributed by atoms with Crippen LogP contribution in [0.3, 0.4) is 0 Å². The number of carboxylic acid groups (broad SMARTS) is 1. The van der Waals surface area contributed by atoms with Crippen molar-refractivity contribution in [2.75, 3.05) is 0 Å². The Morgan fingerprint density at radius 2 is 1.86 bits per heavy atom. The first-order chi connectivity index (χ1) is 2.94. The minimum Gasteiger partial charge on any atom is -0.478 e. The maximum Gasteiger partial charge on any atom is 0.355 e. The Labute approximate surface area is 46.6 Å². The molecule has 2 nitrogen and oxygen atoms in total. The molecule has 0 aliphatic rings. The highest BCUT2D eigenvalue weighted by Crippen LogP contribution is 2.04. The molecule has 0 rings (SSSR count). The van der Waals surface area contributed by atoms with Crippen molar-refractivity contribution < 1.29 is 18.7 Å². The zero-order chi connectivity index (χ0) is 6.08. The molecule has 0 radical (unpaired) electrons. The van der Waals surface area contributed by atoms with Crippen LogP contribution in [0.5, 0.6) is 0 Å². The predicted molar refractivity (Wildman–Crippen MR) is 21.1 cm³/mol. The van der Waals surface area contributed by atoms with E-state index in [-0.39, 0.29) is 0 Å². The topological polar surface area (TPSA) is 37.3 Å². The Morgan fingerprint density at radius 3 is 1.86 bits per heavy atom. The van der Waals surface area contributed by atoms with E-state index in [0.717, 1.165) is 0 Å². The van der Waals surface area contributed by atoms with Crippen molar-refractivity contribution in [3.8, 4) is 0 Å². The molecule has 5 heteroatoms. The van der Waals surface area contributed by atoms with Gasteiger partial charge >= 0.3 is 22.3 Å². The first-order valence-electron chi connectivity index (χ1n) is 1.56. The molecule has 0 aliphatic carbocycles. The first-order valence-corrected chi connectivity index (χ1v) is 2.56. The van der Waals surface area contributed by atoms with Crippen LogP contribution in [0.25, 0.3) is 0 Å². The molecule has 7 heavy (non-hydrogen) atoms. The third kappa shape index (κ3) is 2.54. The molecule has 0 aromatic rings. The van der Waals surface area contributed by atoms with Crippen LogP contribution >= 0.6 is 0 Å². The van der Waals surface area contributed by atoms with E-state index in [9.17, 15) is 13.6 Å². The maximum absolute atomic E-state index is 11.3. The highest BCUT2D eigenvalue weighted by Gasteiger charge is 2.30. The quantitative estimate of drug-likeness (QED) is 0.469. The van der Waals surface area contributed by atoms with E-state index in [4.69, 9.17) is 5.11 Å². The molecule has 40 valence electrons. The predicted octanol–water partition coefficient (Wildman–Crippen LogP) is -0.703. The average molecular weight is 124 g/mol. The Morgan fingerprint density at radius 1 is 1.71 bits per heavy atom. The van der Waals surface area contributed by atoms with Crippen molar-refractivity contribution in [1.29, 1.82) is 0 Å². The van der Waals surface area contributed by atoms with Gasteiger partial charge in [0.1, 0.15) is 0 Å². The number of aliphatic carboxylic acids is 1. The van der Waals surface area contributed by atoms with Crippen molar-refractivity contribution in [2.45, 2.75) is 4.78 Å². The monoisotopic (exact) mass is 124 g/mol. The molecule has 0 aromatic carbocycles. The molecule has 0 heterocycles. The third-order valence-electron chi connectivity index (χ3n) is 0.376. The standard InChI is InChI=1S/C2HF2O2.Al.2H/c3-1(4)2(5)6;;;/h(H,5,6);;;. The van der Waals surface area contributed by atoms with Gasteiger partial charge in [0, 0.05) is 0 Å². The van der Waals surface area contributed by atoms with E-state index in [2.05, 4.69) is 0 Å². The summed E-state index contributed by atoms with van der Waals surface area (Å²) < 4.78 is 22.6. The molecule has 0 aromatic heterocycles. The molecule has 0 bridgehead atoms. The van der Waals surface area contributed by atoms with Crippen LogP contribution in [-0.4, -0.2) is 32.2 Å². The van der Waals surface area contributed by atoms with Gasteiger partial charge in [0.05, 0.1) is 0 Å². The van der Waals surface area contributed by atoms with E-state index >= 15 is 0 Å². The van der Waals surface area contributed by atoms with Crippen LogP contribution in [0, 0.1) is 0 Å². The highest BCUT2D eigenvalue weighted by molar-refractivity contribution is 6.24. The number of carbonyl (C=O) groups is 1. The van der Waals surface area contributed by atoms with Gasteiger partial charge in [0.2, 0.25) is 0 Å².